The molecule has 1 aromatic heterocycles. The maximum absolute atomic E-state index is 12.4. The van der Waals surface area contributed by atoms with Crippen LogP contribution in [-0.2, 0) is 11.3 Å². The molecule has 0 unspecified atom stereocenters. The maximum Gasteiger partial charge on any atom is 0.277 e. The second-order valence-corrected chi connectivity index (χ2v) is 7.87. The number of aliphatic hydroxyl groups excluding tert-OH is 1. The molecule has 0 spiro atoms. The Morgan fingerprint density at radius 1 is 1.20 bits per heavy atom. The number of amides is 1. The molecule has 8 nitrogen and oxygen atoms in total. The van der Waals surface area contributed by atoms with E-state index in [9.17, 15) is 15.1 Å². The first kappa shape index (κ1) is 20.2. The number of hydroxylamine groups is 2. The van der Waals surface area contributed by atoms with Gasteiger partial charge in [-0.15, -0.1) is 5.10 Å². The van der Waals surface area contributed by atoms with Crippen molar-refractivity contribution in [1.29, 1.82) is 0 Å². The molecule has 0 bridgehead atoms. The molecule has 0 aliphatic carbocycles. The summed E-state index contributed by atoms with van der Waals surface area (Å²) >= 11 is 0. The lowest BCUT2D eigenvalue weighted by atomic mass is 9.84. The number of carbonyl (C=O) groups is 1. The van der Waals surface area contributed by atoms with Crippen LogP contribution >= 0.6 is 0 Å². The molecule has 30 heavy (non-hydrogen) atoms. The van der Waals surface area contributed by atoms with Crippen LogP contribution in [0, 0.1) is 5.41 Å². The third-order valence-corrected chi connectivity index (χ3v) is 5.43. The summed E-state index contributed by atoms with van der Waals surface area (Å²) in [6.45, 7) is 2.26. The van der Waals surface area contributed by atoms with Crippen molar-refractivity contribution in [3.05, 3.63) is 72.4 Å². The molecule has 2 heterocycles. The van der Waals surface area contributed by atoms with E-state index in [0.717, 1.165) is 11.3 Å². The van der Waals surface area contributed by atoms with E-state index >= 15 is 0 Å². The first-order valence-corrected chi connectivity index (χ1v) is 9.77. The average Bonchev–Trinajstić information content (AvgIpc) is 3.35. The number of hydrogen-bond acceptors (Lipinski definition) is 6. The Balaban J connectivity index is 1.40. The van der Waals surface area contributed by atoms with E-state index in [2.05, 4.69) is 10.3 Å². The summed E-state index contributed by atoms with van der Waals surface area (Å²) in [5, 5.41) is 30.1. The van der Waals surface area contributed by atoms with Gasteiger partial charge >= 0.3 is 0 Å². The van der Waals surface area contributed by atoms with Crippen molar-refractivity contribution in [1.82, 2.24) is 20.1 Å². The largest absolute Gasteiger partial charge is 0.390 e. The molecule has 0 saturated carbocycles. The molecule has 156 valence electrons. The second kappa shape index (κ2) is 8.35. The Hall–Kier alpha value is -3.07. The zero-order valence-corrected chi connectivity index (χ0v) is 16.6. The molecule has 1 aliphatic rings. The van der Waals surface area contributed by atoms with E-state index in [0.29, 0.717) is 17.2 Å². The predicted octanol–water partition coefficient (Wildman–Crippen LogP) is 2.24. The van der Waals surface area contributed by atoms with Gasteiger partial charge in [-0.05, 0) is 12.1 Å². The van der Waals surface area contributed by atoms with Gasteiger partial charge in [0.15, 0.2) is 0 Å². The highest BCUT2D eigenvalue weighted by atomic mass is 16.5. The molecule has 8 heteroatoms. The van der Waals surface area contributed by atoms with E-state index in [1.807, 2.05) is 30.3 Å². The van der Waals surface area contributed by atoms with Crippen LogP contribution in [0.25, 0.3) is 11.3 Å². The minimum absolute atomic E-state index is 0.0506. The number of hydrogen-bond donors (Lipinski definition) is 2. The number of carbonyl (C=O) groups excluding carboxylic acids is 1. The third kappa shape index (κ3) is 4.11. The monoisotopic (exact) mass is 408 g/mol. The molecule has 3 aromatic rings. The first-order valence-electron chi connectivity index (χ1n) is 9.77. The summed E-state index contributed by atoms with van der Waals surface area (Å²) in [6.07, 6.45) is 0.388. The fraction of sp³-hybridized carbons (Fsp3) is 0.318. The van der Waals surface area contributed by atoms with Gasteiger partial charge < -0.3 is 9.84 Å². The predicted molar refractivity (Wildman–Crippen MR) is 109 cm³/mol. The molecule has 4 rings (SSSR count). The van der Waals surface area contributed by atoms with Crippen LogP contribution in [0.5, 0.6) is 0 Å². The molecule has 2 aromatic carbocycles. The molecule has 3 atom stereocenters. The summed E-state index contributed by atoms with van der Waals surface area (Å²) in [4.78, 5) is 12.4. The molecule has 1 saturated heterocycles. The van der Waals surface area contributed by atoms with Crippen LogP contribution < -0.4 is 0 Å². The van der Waals surface area contributed by atoms with E-state index in [4.69, 9.17) is 4.74 Å². The van der Waals surface area contributed by atoms with Gasteiger partial charge in [0.1, 0.15) is 11.8 Å². The average molecular weight is 408 g/mol. The van der Waals surface area contributed by atoms with Crippen LogP contribution in [-0.4, -0.2) is 61.6 Å². The SMILES string of the molecule is C[C@@]1(CN(O)C(=O)c2ccccc2)CO[C@H](Cn2cc(-c3ccccc3)nn2)[C@H]1O. The number of aliphatic hydroxyl groups is 1. The fourth-order valence-corrected chi connectivity index (χ4v) is 3.67. The van der Waals surface area contributed by atoms with E-state index in [1.165, 1.54) is 0 Å². The van der Waals surface area contributed by atoms with Gasteiger partial charge in [-0.2, -0.15) is 0 Å². The zero-order chi connectivity index (χ0) is 21.1. The van der Waals surface area contributed by atoms with Crippen LogP contribution in [0.2, 0.25) is 0 Å². The van der Waals surface area contributed by atoms with Crippen molar-refractivity contribution >= 4 is 5.91 Å². The van der Waals surface area contributed by atoms with Gasteiger partial charge in [-0.3, -0.25) is 10.0 Å². The highest BCUT2D eigenvalue weighted by molar-refractivity contribution is 5.93. The molecule has 1 fully saturated rings. The Bertz CT molecular complexity index is 995. The molecule has 2 N–H and O–H groups in total. The zero-order valence-electron chi connectivity index (χ0n) is 16.6. The highest BCUT2D eigenvalue weighted by Crippen LogP contribution is 2.34. The number of nitrogens with zero attached hydrogens (tertiary/aromatic N) is 4. The van der Waals surface area contributed by atoms with Crippen molar-refractivity contribution in [2.45, 2.75) is 25.7 Å². The Kier molecular flexibility index (Phi) is 5.63. The van der Waals surface area contributed by atoms with Gasteiger partial charge in [0.2, 0.25) is 0 Å². The van der Waals surface area contributed by atoms with Crippen molar-refractivity contribution in [3.8, 4) is 11.3 Å². The normalized spacial score (nSPS) is 23.4. The van der Waals surface area contributed by atoms with Crippen molar-refractivity contribution in [2.24, 2.45) is 5.41 Å². The lowest BCUT2D eigenvalue weighted by Gasteiger charge is -2.31. The van der Waals surface area contributed by atoms with E-state index in [-0.39, 0.29) is 13.2 Å². The van der Waals surface area contributed by atoms with Gasteiger partial charge in [0, 0.05) is 16.5 Å². The van der Waals surface area contributed by atoms with E-state index < -0.39 is 23.5 Å². The minimum Gasteiger partial charge on any atom is -0.390 e. The summed E-state index contributed by atoms with van der Waals surface area (Å²) in [6, 6.07) is 18.2. The lowest BCUT2D eigenvalue weighted by molar-refractivity contribution is -0.0943. The van der Waals surface area contributed by atoms with Crippen LogP contribution in [0.1, 0.15) is 17.3 Å². The summed E-state index contributed by atoms with van der Waals surface area (Å²) in [7, 11) is 0. The number of benzene rings is 2. The number of aromatic nitrogens is 3. The maximum atomic E-state index is 12.4. The standard InChI is InChI=1S/C22H24N4O4/c1-22(14-26(29)21(28)17-10-6-3-7-11-17)15-30-19(20(22)27)13-25-12-18(23-24-25)16-8-4-2-5-9-16/h2-12,19-20,27,29H,13-15H2,1H3/t19-,20-,22-/m1/s1. The Morgan fingerprint density at radius 3 is 2.57 bits per heavy atom. The highest BCUT2D eigenvalue weighted by Gasteiger charge is 2.47. The summed E-state index contributed by atoms with van der Waals surface area (Å²) < 4.78 is 7.43. The second-order valence-electron chi connectivity index (χ2n) is 7.87. The van der Waals surface area contributed by atoms with Gasteiger partial charge in [0.25, 0.3) is 5.91 Å². The fourth-order valence-electron chi connectivity index (χ4n) is 3.67. The van der Waals surface area contributed by atoms with Gasteiger partial charge in [-0.25, -0.2) is 9.75 Å². The van der Waals surface area contributed by atoms with E-state index in [1.54, 1.807) is 48.1 Å². The van der Waals surface area contributed by atoms with Gasteiger partial charge in [-0.1, -0.05) is 60.7 Å². The van der Waals surface area contributed by atoms with Crippen molar-refractivity contribution < 1.29 is 19.8 Å². The quantitative estimate of drug-likeness (QED) is 0.479. The summed E-state index contributed by atoms with van der Waals surface area (Å²) in [5.74, 6) is -0.517. The Labute approximate surface area is 174 Å². The molecule has 0 radical (unpaired) electrons. The molecular formula is C22H24N4O4. The molecule has 1 amide bonds. The molecular weight excluding hydrogens is 384 g/mol. The van der Waals surface area contributed by atoms with Crippen LogP contribution in [0.3, 0.4) is 0 Å². The smallest absolute Gasteiger partial charge is 0.277 e. The van der Waals surface area contributed by atoms with Gasteiger partial charge in [0.05, 0.1) is 32.0 Å². The molecule has 1 aliphatic heterocycles. The first-order chi connectivity index (χ1) is 14.5. The third-order valence-electron chi connectivity index (χ3n) is 5.43. The number of rotatable bonds is 6. The van der Waals surface area contributed by atoms with Crippen molar-refractivity contribution in [3.63, 3.8) is 0 Å². The lowest BCUT2D eigenvalue weighted by Crippen LogP contribution is -2.46. The summed E-state index contributed by atoms with van der Waals surface area (Å²) in [5.41, 5.74) is 1.26. The number of ether oxygens (including phenoxy) is 1. The van der Waals surface area contributed by atoms with Crippen LogP contribution in [0.15, 0.2) is 66.9 Å². The minimum atomic E-state index is -0.889. The topological polar surface area (TPSA) is 101 Å². The Morgan fingerprint density at radius 2 is 1.87 bits per heavy atom. The van der Waals surface area contributed by atoms with Crippen LogP contribution in [0.4, 0.5) is 0 Å². The van der Waals surface area contributed by atoms with Crippen molar-refractivity contribution in [2.75, 3.05) is 13.2 Å².